The largest absolute Gasteiger partial charge is 0.454 e. The molecular formula is C17H13N3O6S. The van der Waals surface area contributed by atoms with Crippen LogP contribution < -0.4 is 14.2 Å². The van der Waals surface area contributed by atoms with Crippen molar-refractivity contribution in [3.8, 4) is 11.5 Å². The quantitative estimate of drug-likeness (QED) is 0.527. The SMILES string of the molecule is O=[N+]([O-])c1ccc(S(=O)(=O)NCc2ccc3c(c2)OCO3)c2ncccc12. The van der Waals surface area contributed by atoms with Gasteiger partial charge in [-0.05, 0) is 35.9 Å². The number of aromatic nitrogens is 1. The molecule has 3 aromatic rings. The predicted octanol–water partition coefficient (Wildman–Crippen LogP) is 2.35. The second-order valence-electron chi connectivity index (χ2n) is 5.75. The van der Waals surface area contributed by atoms with E-state index < -0.39 is 14.9 Å². The number of fused-ring (bicyclic) bond motifs is 2. The van der Waals surface area contributed by atoms with Crippen LogP contribution in [0.4, 0.5) is 5.69 Å². The van der Waals surface area contributed by atoms with Gasteiger partial charge in [0, 0.05) is 18.8 Å². The van der Waals surface area contributed by atoms with E-state index in [9.17, 15) is 18.5 Å². The summed E-state index contributed by atoms with van der Waals surface area (Å²) < 4.78 is 38.5. The third kappa shape index (κ3) is 3.15. The fraction of sp³-hybridized carbons (Fsp3) is 0.118. The summed E-state index contributed by atoms with van der Waals surface area (Å²) in [5.41, 5.74) is 0.528. The summed E-state index contributed by atoms with van der Waals surface area (Å²) in [6.07, 6.45) is 1.39. The number of ether oxygens (including phenoxy) is 2. The van der Waals surface area contributed by atoms with Gasteiger partial charge in [-0.3, -0.25) is 15.1 Å². The van der Waals surface area contributed by atoms with E-state index in [1.807, 2.05) is 0 Å². The molecular weight excluding hydrogens is 374 g/mol. The summed E-state index contributed by atoms with van der Waals surface area (Å²) in [6.45, 7) is 0.148. The first-order valence-corrected chi connectivity index (χ1v) is 9.34. The highest BCUT2D eigenvalue weighted by Crippen LogP contribution is 2.33. The van der Waals surface area contributed by atoms with Gasteiger partial charge < -0.3 is 9.47 Å². The van der Waals surface area contributed by atoms with Gasteiger partial charge in [0.1, 0.15) is 4.90 Å². The number of hydrogen-bond donors (Lipinski definition) is 1. The van der Waals surface area contributed by atoms with Crippen LogP contribution in [0.1, 0.15) is 5.56 Å². The van der Waals surface area contributed by atoms with Crippen molar-refractivity contribution < 1.29 is 22.8 Å². The zero-order chi connectivity index (χ0) is 19.0. The lowest BCUT2D eigenvalue weighted by molar-refractivity contribution is -0.383. The Balaban J connectivity index is 1.66. The van der Waals surface area contributed by atoms with E-state index in [0.717, 1.165) is 0 Å². The molecule has 0 atom stereocenters. The average molecular weight is 387 g/mol. The molecule has 1 aliphatic heterocycles. The van der Waals surface area contributed by atoms with Gasteiger partial charge in [-0.15, -0.1) is 0 Å². The molecule has 0 fully saturated rings. The Bertz CT molecular complexity index is 1160. The zero-order valence-corrected chi connectivity index (χ0v) is 14.6. The number of hydrogen-bond acceptors (Lipinski definition) is 7. The molecule has 0 radical (unpaired) electrons. The van der Waals surface area contributed by atoms with Crippen molar-refractivity contribution in [1.82, 2.24) is 9.71 Å². The second kappa shape index (κ2) is 6.49. The lowest BCUT2D eigenvalue weighted by Gasteiger charge is -2.10. The maximum atomic E-state index is 12.8. The van der Waals surface area contributed by atoms with E-state index in [4.69, 9.17) is 9.47 Å². The van der Waals surface area contributed by atoms with Crippen LogP contribution in [-0.4, -0.2) is 25.1 Å². The van der Waals surface area contributed by atoms with Crippen molar-refractivity contribution in [2.24, 2.45) is 0 Å². The number of rotatable bonds is 5. The van der Waals surface area contributed by atoms with Crippen LogP contribution in [0.25, 0.3) is 10.9 Å². The number of benzene rings is 2. The van der Waals surface area contributed by atoms with Crippen LogP contribution in [0.15, 0.2) is 53.6 Å². The molecule has 0 aliphatic carbocycles. The summed E-state index contributed by atoms with van der Waals surface area (Å²) in [7, 11) is -3.95. The molecule has 0 unspecified atom stereocenters. The number of nitrogens with zero attached hydrogens (tertiary/aromatic N) is 2. The minimum atomic E-state index is -3.95. The van der Waals surface area contributed by atoms with Crippen molar-refractivity contribution in [3.63, 3.8) is 0 Å². The van der Waals surface area contributed by atoms with Gasteiger partial charge in [-0.1, -0.05) is 6.07 Å². The van der Waals surface area contributed by atoms with Gasteiger partial charge >= 0.3 is 0 Å². The molecule has 0 saturated carbocycles. The Morgan fingerprint density at radius 2 is 1.96 bits per heavy atom. The molecule has 2 aromatic carbocycles. The third-order valence-electron chi connectivity index (χ3n) is 4.10. The summed E-state index contributed by atoms with van der Waals surface area (Å²) in [5, 5.41) is 11.3. The van der Waals surface area contributed by atoms with Gasteiger partial charge in [0.25, 0.3) is 5.69 Å². The van der Waals surface area contributed by atoms with E-state index in [0.29, 0.717) is 17.1 Å². The van der Waals surface area contributed by atoms with E-state index in [1.54, 1.807) is 18.2 Å². The summed E-state index contributed by atoms with van der Waals surface area (Å²) in [5.74, 6) is 1.15. The first-order chi connectivity index (χ1) is 13.0. The maximum Gasteiger partial charge on any atom is 0.278 e. The molecule has 4 rings (SSSR count). The molecule has 0 spiro atoms. The molecule has 1 N–H and O–H groups in total. The fourth-order valence-corrected chi connectivity index (χ4v) is 3.99. The summed E-state index contributed by atoms with van der Waals surface area (Å²) in [6, 6.07) is 10.5. The van der Waals surface area contributed by atoms with Crippen molar-refractivity contribution >= 4 is 26.6 Å². The second-order valence-corrected chi connectivity index (χ2v) is 7.49. The Labute approximate surface area is 153 Å². The van der Waals surface area contributed by atoms with E-state index in [-0.39, 0.29) is 34.8 Å². The lowest BCUT2D eigenvalue weighted by Crippen LogP contribution is -2.23. The highest BCUT2D eigenvalue weighted by Gasteiger charge is 2.23. The van der Waals surface area contributed by atoms with Crippen molar-refractivity contribution in [1.29, 1.82) is 0 Å². The molecule has 0 bridgehead atoms. The molecule has 138 valence electrons. The minimum Gasteiger partial charge on any atom is -0.454 e. The molecule has 2 heterocycles. The number of sulfonamides is 1. The molecule has 1 aromatic heterocycles. The zero-order valence-electron chi connectivity index (χ0n) is 13.8. The molecule has 0 amide bonds. The number of nitro groups is 1. The Kier molecular flexibility index (Phi) is 4.13. The van der Waals surface area contributed by atoms with E-state index in [1.165, 1.54) is 30.5 Å². The first-order valence-electron chi connectivity index (χ1n) is 7.86. The molecule has 9 nitrogen and oxygen atoms in total. The number of pyridine rings is 1. The highest BCUT2D eigenvalue weighted by atomic mass is 32.2. The van der Waals surface area contributed by atoms with Crippen LogP contribution in [0.5, 0.6) is 11.5 Å². The number of non-ortho nitro benzene ring substituents is 1. The topological polar surface area (TPSA) is 121 Å². The van der Waals surface area contributed by atoms with Gasteiger partial charge in [0.05, 0.1) is 15.8 Å². The van der Waals surface area contributed by atoms with Gasteiger partial charge in [0.15, 0.2) is 11.5 Å². The monoisotopic (exact) mass is 387 g/mol. The van der Waals surface area contributed by atoms with Crippen LogP contribution in [-0.2, 0) is 16.6 Å². The summed E-state index contributed by atoms with van der Waals surface area (Å²) >= 11 is 0. The van der Waals surface area contributed by atoms with Crippen molar-refractivity contribution in [3.05, 3.63) is 64.3 Å². The van der Waals surface area contributed by atoms with Crippen molar-refractivity contribution in [2.75, 3.05) is 6.79 Å². The molecule has 0 saturated heterocycles. The molecule has 1 aliphatic rings. The van der Waals surface area contributed by atoms with Crippen LogP contribution in [0.3, 0.4) is 0 Å². The maximum absolute atomic E-state index is 12.8. The van der Waals surface area contributed by atoms with Gasteiger partial charge in [0.2, 0.25) is 16.8 Å². The fourth-order valence-electron chi connectivity index (χ4n) is 2.81. The van der Waals surface area contributed by atoms with Crippen LogP contribution in [0.2, 0.25) is 0 Å². The predicted molar refractivity (Wildman–Crippen MR) is 95.0 cm³/mol. The summed E-state index contributed by atoms with van der Waals surface area (Å²) in [4.78, 5) is 14.5. The number of nitrogens with one attached hydrogen (secondary N) is 1. The van der Waals surface area contributed by atoms with E-state index in [2.05, 4.69) is 9.71 Å². The van der Waals surface area contributed by atoms with E-state index >= 15 is 0 Å². The lowest BCUT2D eigenvalue weighted by atomic mass is 10.2. The minimum absolute atomic E-state index is 0.0181. The van der Waals surface area contributed by atoms with Gasteiger partial charge in [-0.25, -0.2) is 13.1 Å². The third-order valence-corrected chi connectivity index (χ3v) is 5.53. The highest BCUT2D eigenvalue weighted by molar-refractivity contribution is 7.89. The smallest absolute Gasteiger partial charge is 0.278 e. The van der Waals surface area contributed by atoms with Crippen molar-refractivity contribution in [2.45, 2.75) is 11.4 Å². The van der Waals surface area contributed by atoms with Crippen LogP contribution >= 0.6 is 0 Å². The Morgan fingerprint density at radius 1 is 1.15 bits per heavy atom. The number of nitro benzene ring substituents is 1. The molecule has 10 heteroatoms. The normalized spacial score (nSPS) is 13.0. The van der Waals surface area contributed by atoms with Gasteiger partial charge in [-0.2, -0.15) is 0 Å². The van der Waals surface area contributed by atoms with Crippen LogP contribution in [0, 0.1) is 10.1 Å². The average Bonchev–Trinajstić information content (AvgIpc) is 3.13. The Morgan fingerprint density at radius 3 is 2.78 bits per heavy atom. The standard InChI is InChI=1S/C17H13N3O6S/c21-20(22)13-4-6-16(17-12(13)2-1-7-18-17)27(23,24)19-9-11-3-5-14-15(8-11)26-10-25-14/h1-8,19H,9-10H2. The molecule has 27 heavy (non-hydrogen) atoms. The first kappa shape index (κ1) is 17.2. The Hall–Kier alpha value is -3.24.